The summed E-state index contributed by atoms with van der Waals surface area (Å²) in [6.45, 7) is 0. The molecule has 2 aromatic rings. The number of rotatable bonds is 5. The Morgan fingerprint density at radius 3 is 2.64 bits per heavy atom. The van der Waals surface area contributed by atoms with Crippen LogP contribution in [0.4, 0.5) is 11.4 Å². The summed E-state index contributed by atoms with van der Waals surface area (Å²) in [5, 5.41) is 15.1. The van der Waals surface area contributed by atoms with Crippen molar-refractivity contribution in [1.29, 1.82) is 5.26 Å². The van der Waals surface area contributed by atoms with E-state index < -0.39 is 11.9 Å². The van der Waals surface area contributed by atoms with Crippen molar-refractivity contribution in [3.05, 3.63) is 70.9 Å². The first-order valence-corrected chi connectivity index (χ1v) is 7.54. The van der Waals surface area contributed by atoms with Crippen LogP contribution in [0.25, 0.3) is 0 Å². The Bertz CT molecular complexity index is 872. The normalized spacial score (nSPS) is 10.5. The van der Waals surface area contributed by atoms with Crippen molar-refractivity contribution in [2.24, 2.45) is 0 Å². The molecule has 2 aromatic carbocycles. The third-order valence-electron chi connectivity index (χ3n) is 3.15. The molecule has 0 atom stereocenters. The van der Waals surface area contributed by atoms with E-state index in [-0.39, 0.29) is 16.8 Å². The Hall–Kier alpha value is -3.30. The van der Waals surface area contributed by atoms with E-state index in [0.29, 0.717) is 10.7 Å². The lowest BCUT2D eigenvalue weighted by molar-refractivity contribution is -0.112. The number of nitrogens with one attached hydrogen (secondary N) is 2. The molecular formula is C18H14ClN3O3. The van der Waals surface area contributed by atoms with Crippen molar-refractivity contribution in [3.63, 3.8) is 0 Å². The van der Waals surface area contributed by atoms with E-state index in [1.165, 1.54) is 19.4 Å². The highest BCUT2D eigenvalue weighted by atomic mass is 35.5. The second-order valence-electron chi connectivity index (χ2n) is 4.82. The lowest BCUT2D eigenvalue weighted by Gasteiger charge is -2.09. The summed E-state index contributed by atoms with van der Waals surface area (Å²) in [5.74, 6) is -1.25. The Morgan fingerprint density at radius 1 is 1.20 bits per heavy atom. The molecule has 0 spiro atoms. The van der Waals surface area contributed by atoms with Crippen LogP contribution in [-0.2, 0) is 9.53 Å². The minimum Gasteiger partial charge on any atom is -0.465 e. The maximum Gasteiger partial charge on any atom is 0.339 e. The zero-order valence-corrected chi connectivity index (χ0v) is 14.0. The number of hydrogen-bond donors (Lipinski definition) is 2. The highest BCUT2D eigenvalue weighted by Gasteiger charge is 2.15. The molecule has 1 amide bonds. The summed E-state index contributed by atoms with van der Waals surface area (Å²) < 4.78 is 4.67. The number of anilines is 2. The van der Waals surface area contributed by atoms with Gasteiger partial charge in [0.2, 0.25) is 0 Å². The molecule has 25 heavy (non-hydrogen) atoms. The SMILES string of the molecule is COC(=O)c1ccccc1NC(=O)/C(C#N)=C\Nc1cccc(Cl)c1. The molecule has 6 nitrogen and oxygen atoms in total. The quantitative estimate of drug-likeness (QED) is 0.486. The van der Waals surface area contributed by atoms with Crippen LogP contribution < -0.4 is 10.6 Å². The van der Waals surface area contributed by atoms with Crippen LogP contribution in [0.15, 0.2) is 60.3 Å². The number of ether oxygens (including phenoxy) is 1. The number of nitriles is 1. The highest BCUT2D eigenvalue weighted by Crippen LogP contribution is 2.18. The van der Waals surface area contributed by atoms with Crippen LogP contribution in [0.2, 0.25) is 5.02 Å². The molecule has 0 aliphatic heterocycles. The zero-order valence-electron chi connectivity index (χ0n) is 13.2. The lowest BCUT2D eigenvalue weighted by atomic mass is 10.1. The van der Waals surface area contributed by atoms with Crippen molar-refractivity contribution in [2.75, 3.05) is 17.7 Å². The summed E-state index contributed by atoms with van der Waals surface area (Å²) in [7, 11) is 1.25. The number of esters is 1. The second-order valence-corrected chi connectivity index (χ2v) is 5.25. The summed E-state index contributed by atoms with van der Waals surface area (Å²) in [4.78, 5) is 24.0. The van der Waals surface area contributed by atoms with Gasteiger partial charge in [-0.25, -0.2) is 4.79 Å². The van der Waals surface area contributed by atoms with Crippen LogP contribution in [0, 0.1) is 11.3 Å². The molecule has 0 aliphatic carbocycles. The van der Waals surface area contributed by atoms with E-state index in [1.807, 2.05) is 6.07 Å². The van der Waals surface area contributed by atoms with E-state index in [9.17, 15) is 14.9 Å². The summed E-state index contributed by atoms with van der Waals surface area (Å²) in [6.07, 6.45) is 1.27. The molecule has 0 saturated carbocycles. The molecule has 0 unspecified atom stereocenters. The van der Waals surface area contributed by atoms with Gasteiger partial charge in [-0.15, -0.1) is 0 Å². The molecule has 2 rings (SSSR count). The van der Waals surface area contributed by atoms with Crippen molar-refractivity contribution in [1.82, 2.24) is 0 Å². The molecule has 0 fully saturated rings. The summed E-state index contributed by atoms with van der Waals surface area (Å²) >= 11 is 5.88. The van der Waals surface area contributed by atoms with Gasteiger partial charge in [-0.2, -0.15) is 5.26 Å². The molecule has 7 heteroatoms. The van der Waals surface area contributed by atoms with Gasteiger partial charge in [-0.05, 0) is 30.3 Å². The molecule has 0 aromatic heterocycles. The van der Waals surface area contributed by atoms with Crippen molar-refractivity contribution in [2.45, 2.75) is 0 Å². The fraction of sp³-hybridized carbons (Fsp3) is 0.0556. The standard InChI is InChI=1S/C18H14ClN3O3/c1-25-18(24)15-7-2-3-8-16(15)22-17(23)12(10-20)11-21-14-6-4-5-13(19)9-14/h2-9,11,21H,1H3,(H,22,23)/b12-11-. The van der Waals surface area contributed by atoms with Crippen molar-refractivity contribution in [3.8, 4) is 6.07 Å². The molecule has 0 saturated heterocycles. The summed E-state index contributed by atoms with van der Waals surface area (Å²) in [6, 6.07) is 15.0. The van der Waals surface area contributed by atoms with E-state index in [2.05, 4.69) is 15.4 Å². The molecule has 126 valence electrons. The number of nitrogens with zero attached hydrogens (tertiary/aromatic N) is 1. The van der Waals surface area contributed by atoms with Crippen LogP contribution >= 0.6 is 11.6 Å². The first kappa shape index (κ1) is 18.0. The third kappa shape index (κ3) is 4.83. The number of carbonyl (C=O) groups excluding carboxylic acids is 2. The maximum absolute atomic E-state index is 12.3. The van der Waals surface area contributed by atoms with E-state index in [4.69, 9.17) is 11.6 Å². The monoisotopic (exact) mass is 355 g/mol. The second kappa shape index (κ2) is 8.52. The van der Waals surface area contributed by atoms with Gasteiger partial charge >= 0.3 is 5.97 Å². The van der Waals surface area contributed by atoms with Gasteiger partial charge < -0.3 is 15.4 Å². The van der Waals surface area contributed by atoms with Gasteiger partial charge in [0, 0.05) is 16.9 Å². The van der Waals surface area contributed by atoms with E-state index >= 15 is 0 Å². The van der Waals surface area contributed by atoms with Gasteiger partial charge in [0.05, 0.1) is 18.4 Å². The molecule has 2 N–H and O–H groups in total. The Morgan fingerprint density at radius 2 is 1.96 bits per heavy atom. The summed E-state index contributed by atoms with van der Waals surface area (Å²) in [5.41, 5.74) is 0.907. The predicted octanol–water partition coefficient (Wildman–Crippen LogP) is 3.58. The average Bonchev–Trinajstić information content (AvgIpc) is 2.62. The largest absolute Gasteiger partial charge is 0.465 e. The topological polar surface area (TPSA) is 91.2 Å². The van der Waals surface area contributed by atoms with Crippen LogP contribution in [-0.4, -0.2) is 19.0 Å². The average molecular weight is 356 g/mol. The van der Waals surface area contributed by atoms with Crippen LogP contribution in [0.5, 0.6) is 0 Å². The number of hydrogen-bond acceptors (Lipinski definition) is 5. The molecule has 0 heterocycles. The van der Waals surface area contributed by atoms with E-state index in [1.54, 1.807) is 42.5 Å². The lowest BCUT2D eigenvalue weighted by Crippen LogP contribution is -2.17. The molecule has 0 radical (unpaired) electrons. The molecule has 0 aliphatic rings. The van der Waals surface area contributed by atoms with Crippen molar-refractivity contribution >= 4 is 34.9 Å². The van der Waals surface area contributed by atoms with Gasteiger partial charge in [0.1, 0.15) is 11.6 Å². The zero-order chi connectivity index (χ0) is 18.2. The smallest absolute Gasteiger partial charge is 0.339 e. The first-order chi connectivity index (χ1) is 12.0. The van der Waals surface area contributed by atoms with Gasteiger partial charge in [0.25, 0.3) is 5.91 Å². The Balaban J connectivity index is 2.17. The van der Waals surface area contributed by atoms with Gasteiger partial charge in [0.15, 0.2) is 0 Å². The fourth-order valence-corrected chi connectivity index (χ4v) is 2.14. The number of methoxy groups -OCH3 is 1. The number of halogens is 1. The number of carbonyl (C=O) groups is 2. The third-order valence-corrected chi connectivity index (χ3v) is 3.39. The first-order valence-electron chi connectivity index (χ1n) is 7.16. The van der Waals surface area contributed by atoms with Crippen LogP contribution in [0.1, 0.15) is 10.4 Å². The number of para-hydroxylation sites is 1. The predicted molar refractivity (Wildman–Crippen MR) is 95.2 cm³/mol. The highest BCUT2D eigenvalue weighted by molar-refractivity contribution is 6.30. The Labute approximate surface area is 149 Å². The van der Waals surface area contributed by atoms with Crippen molar-refractivity contribution < 1.29 is 14.3 Å². The molecule has 0 bridgehead atoms. The fourth-order valence-electron chi connectivity index (χ4n) is 1.95. The number of amides is 1. The van der Waals surface area contributed by atoms with E-state index in [0.717, 1.165) is 0 Å². The molecular weight excluding hydrogens is 342 g/mol. The van der Waals surface area contributed by atoms with Crippen LogP contribution in [0.3, 0.4) is 0 Å². The van der Waals surface area contributed by atoms with Gasteiger partial charge in [-0.1, -0.05) is 29.8 Å². The minimum absolute atomic E-state index is 0.167. The Kier molecular flexibility index (Phi) is 6.15. The number of benzene rings is 2. The minimum atomic E-state index is -0.659. The maximum atomic E-state index is 12.3. The van der Waals surface area contributed by atoms with Gasteiger partial charge in [-0.3, -0.25) is 4.79 Å².